The number of terminal acetylenes is 1. The summed E-state index contributed by atoms with van der Waals surface area (Å²) >= 11 is 0. The number of unbranched alkanes of at least 4 members (excludes halogenated alkanes) is 3. The summed E-state index contributed by atoms with van der Waals surface area (Å²) in [6.45, 7) is 0.401. The molecule has 0 radical (unpaired) electrons. The van der Waals surface area contributed by atoms with E-state index in [1.54, 1.807) is 0 Å². The monoisotopic (exact) mass is 152 g/mol. The summed E-state index contributed by atoms with van der Waals surface area (Å²) < 4.78 is 4.34. The van der Waals surface area contributed by atoms with Gasteiger partial charge in [0.2, 0.25) is 0 Å². The fraction of sp³-hybridized carbons (Fsp3) is 0.444. The molecule has 2 heteroatoms. The van der Waals surface area contributed by atoms with Gasteiger partial charge in [-0.15, -0.1) is 12.3 Å². The lowest BCUT2D eigenvalue weighted by molar-refractivity contribution is -0.123. The third kappa shape index (κ3) is 8.77. The molecule has 0 aliphatic carbocycles. The zero-order valence-corrected chi connectivity index (χ0v) is 6.45. The third-order valence-electron chi connectivity index (χ3n) is 1.17. The zero-order valence-electron chi connectivity index (χ0n) is 6.45. The van der Waals surface area contributed by atoms with Crippen LogP contribution in [0.2, 0.25) is 0 Å². The van der Waals surface area contributed by atoms with Gasteiger partial charge in [0, 0.05) is 6.42 Å². The lowest BCUT2D eigenvalue weighted by atomic mass is 10.2. The molecule has 0 rings (SSSR count). The quantitative estimate of drug-likeness (QED) is 0.251. The zero-order chi connectivity index (χ0) is 8.36. The van der Waals surface area contributed by atoms with Crippen molar-refractivity contribution in [2.75, 3.05) is 0 Å². The topological polar surface area (TPSA) is 26.3 Å². The van der Waals surface area contributed by atoms with E-state index >= 15 is 0 Å². The largest absolute Gasteiger partial charge is 0.437 e. The van der Waals surface area contributed by atoms with Crippen LogP contribution >= 0.6 is 0 Å². The molecule has 0 aliphatic rings. The number of allylic oxidation sites excluding steroid dienone is 1. The van der Waals surface area contributed by atoms with Crippen LogP contribution < -0.4 is 0 Å². The highest BCUT2D eigenvalue weighted by molar-refractivity contribution is 5.38. The molecule has 0 aromatic rings. The van der Waals surface area contributed by atoms with E-state index in [0.29, 0.717) is 6.47 Å². The van der Waals surface area contributed by atoms with Gasteiger partial charge in [0.25, 0.3) is 6.47 Å². The van der Waals surface area contributed by atoms with Gasteiger partial charge in [0.1, 0.15) is 0 Å². The second kappa shape index (κ2) is 8.77. The molecule has 0 spiro atoms. The number of carbonyl (C=O) groups excluding carboxylic acids is 1. The van der Waals surface area contributed by atoms with Crippen LogP contribution in [0.5, 0.6) is 0 Å². The van der Waals surface area contributed by atoms with Gasteiger partial charge >= 0.3 is 0 Å². The second-order valence-electron chi connectivity index (χ2n) is 2.05. The van der Waals surface area contributed by atoms with Crippen molar-refractivity contribution in [2.24, 2.45) is 0 Å². The Kier molecular flexibility index (Phi) is 7.79. The van der Waals surface area contributed by atoms with E-state index in [9.17, 15) is 4.79 Å². The Morgan fingerprint density at radius 3 is 2.91 bits per heavy atom. The summed E-state index contributed by atoms with van der Waals surface area (Å²) in [6.07, 6.45) is 12.1. The molecule has 0 amide bonds. The lowest BCUT2D eigenvalue weighted by Crippen LogP contribution is -1.75. The average Bonchev–Trinajstić information content (AvgIpc) is 2.03. The Bertz CT molecular complexity index is 153. The number of rotatable bonds is 6. The average molecular weight is 152 g/mol. The maximum Gasteiger partial charge on any atom is 0.297 e. The smallest absolute Gasteiger partial charge is 0.297 e. The Morgan fingerprint density at radius 2 is 2.27 bits per heavy atom. The minimum Gasteiger partial charge on any atom is -0.437 e. The molecular formula is C9H12O2. The molecule has 0 aliphatic heterocycles. The SMILES string of the molecule is C#CCCCC/C=C\OC=O. The summed E-state index contributed by atoms with van der Waals surface area (Å²) in [5.74, 6) is 2.56. The van der Waals surface area contributed by atoms with Gasteiger partial charge in [-0.25, -0.2) is 0 Å². The number of hydrogen-bond acceptors (Lipinski definition) is 2. The number of carbonyl (C=O) groups is 1. The molecule has 60 valence electrons. The molecule has 0 heterocycles. The molecule has 0 aromatic heterocycles. The van der Waals surface area contributed by atoms with Gasteiger partial charge in [0.05, 0.1) is 6.26 Å². The van der Waals surface area contributed by atoms with Crippen LogP contribution in [0.15, 0.2) is 12.3 Å². The van der Waals surface area contributed by atoms with E-state index in [4.69, 9.17) is 6.42 Å². The molecule has 0 bridgehead atoms. The molecule has 11 heavy (non-hydrogen) atoms. The predicted molar refractivity (Wildman–Crippen MR) is 43.6 cm³/mol. The molecule has 0 saturated carbocycles. The van der Waals surface area contributed by atoms with Gasteiger partial charge in [-0.1, -0.05) is 0 Å². The van der Waals surface area contributed by atoms with Gasteiger partial charge in [-0.2, -0.15) is 0 Å². The summed E-state index contributed by atoms with van der Waals surface area (Å²) in [5.41, 5.74) is 0. The van der Waals surface area contributed by atoms with Gasteiger partial charge in [0.15, 0.2) is 0 Å². The second-order valence-corrected chi connectivity index (χ2v) is 2.05. The summed E-state index contributed by atoms with van der Waals surface area (Å²) in [6, 6.07) is 0. The van der Waals surface area contributed by atoms with Crippen molar-refractivity contribution in [3.8, 4) is 12.3 Å². The number of ether oxygens (including phenoxy) is 1. The fourth-order valence-electron chi connectivity index (χ4n) is 0.645. The first-order chi connectivity index (χ1) is 5.41. The van der Waals surface area contributed by atoms with Crippen molar-refractivity contribution in [3.05, 3.63) is 12.3 Å². The number of hydrogen-bond donors (Lipinski definition) is 0. The Balaban J connectivity index is 3.02. The highest BCUT2D eigenvalue weighted by Crippen LogP contribution is 1.99. The molecular weight excluding hydrogens is 140 g/mol. The molecule has 0 aromatic carbocycles. The van der Waals surface area contributed by atoms with Crippen molar-refractivity contribution >= 4 is 6.47 Å². The lowest BCUT2D eigenvalue weighted by Gasteiger charge is -1.89. The van der Waals surface area contributed by atoms with Crippen molar-refractivity contribution in [1.29, 1.82) is 0 Å². The minimum atomic E-state index is 0.401. The predicted octanol–water partition coefficient (Wildman–Crippen LogP) is 1.87. The van der Waals surface area contributed by atoms with Gasteiger partial charge in [-0.05, 0) is 25.3 Å². The summed E-state index contributed by atoms with van der Waals surface area (Å²) in [4.78, 5) is 9.64. The molecule has 0 atom stereocenters. The van der Waals surface area contributed by atoms with Gasteiger partial charge in [-0.3, -0.25) is 4.79 Å². The first kappa shape index (κ1) is 9.77. The van der Waals surface area contributed by atoms with E-state index in [0.717, 1.165) is 25.7 Å². The molecule has 0 N–H and O–H groups in total. The first-order valence-electron chi connectivity index (χ1n) is 3.59. The molecule has 2 nitrogen and oxygen atoms in total. The highest BCUT2D eigenvalue weighted by atomic mass is 16.5. The van der Waals surface area contributed by atoms with Crippen molar-refractivity contribution in [1.82, 2.24) is 0 Å². The van der Waals surface area contributed by atoms with Crippen LogP contribution in [-0.2, 0) is 9.53 Å². The van der Waals surface area contributed by atoms with E-state index in [-0.39, 0.29) is 0 Å². The molecule has 0 saturated heterocycles. The highest BCUT2D eigenvalue weighted by Gasteiger charge is 1.82. The van der Waals surface area contributed by atoms with E-state index in [1.807, 2.05) is 6.08 Å². The Hall–Kier alpha value is -1.23. The molecule has 0 fully saturated rings. The van der Waals surface area contributed by atoms with Crippen LogP contribution in [0.1, 0.15) is 25.7 Å². The maximum atomic E-state index is 9.64. The third-order valence-corrected chi connectivity index (χ3v) is 1.17. The van der Waals surface area contributed by atoms with Crippen molar-refractivity contribution < 1.29 is 9.53 Å². The molecule has 0 unspecified atom stereocenters. The maximum absolute atomic E-state index is 9.64. The van der Waals surface area contributed by atoms with Crippen LogP contribution in [0.25, 0.3) is 0 Å². The van der Waals surface area contributed by atoms with Crippen LogP contribution in [-0.4, -0.2) is 6.47 Å². The summed E-state index contributed by atoms with van der Waals surface area (Å²) in [7, 11) is 0. The van der Waals surface area contributed by atoms with Crippen molar-refractivity contribution in [2.45, 2.75) is 25.7 Å². The standard InChI is InChI=1S/C9H12O2/c1-2-3-4-5-6-7-8-11-9-10/h1,7-9H,3-6H2/b8-7-. The Labute approximate surface area is 67.2 Å². The van der Waals surface area contributed by atoms with E-state index in [1.165, 1.54) is 6.26 Å². The van der Waals surface area contributed by atoms with Gasteiger partial charge < -0.3 is 4.74 Å². The van der Waals surface area contributed by atoms with Crippen LogP contribution in [0.3, 0.4) is 0 Å². The first-order valence-corrected chi connectivity index (χ1v) is 3.59. The van der Waals surface area contributed by atoms with Crippen molar-refractivity contribution in [3.63, 3.8) is 0 Å². The normalized spacial score (nSPS) is 9.36. The summed E-state index contributed by atoms with van der Waals surface area (Å²) in [5, 5.41) is 0. The van der Waals surface area contributed by atoms with Crippen LogP contribution in [0.4, 0.5) is 0 Å². The van der Waals surface area contributed by atoms with Crippen LogP contribution in [0, 0.1) is 12.3 Å². The van der Waals surface area contributed by atoms with E-state index < -0.39 is 0 Å². The minimum absolute atomic E-state index is 0.401. The van der Waals surface area contributed by atoms with E-state index in [2.05, 4.69) is 10.7 Å². The Morgan fingerprint density at radius 1 is 1.45 bits per heavy atom. The fourth-order valence-corrected chi connectivity index (χ4v) is 0.645.